The molecule has 2 nitrogen and oxygen atoms in total. The second-order valence-corrected chi connectivity index (χ2v) is 1.93. The van der Waals surface area contributed by atoms with Crippen LogP contribution in [0.4, 0.5) is 0 Å². The van der Waals surface area contributed by atoms with Crippen molar-refractivity contribution in [1.29, 1.82) is 0 Å². The van der Waals surface area contributed by atoms with Crippen LogP contribution in [0.25, 0.3) is 0 Å². The van der Waals surface area contributed by atoms with E-state index < -0.39 is 0 Å². The van der Waals surface area contributed by atoms with Crippen molar-refractivity contribution in [2.45, 2.75) is 6.92 Å². The second kappa shape index (κ2) is 3.22. The van der Waals surface area contributed by atoms with Crippen molar-refractivity contribution in [3.63, 3.8) is 0 Å². The second-order valence-electron chi connectivity index (χ2n) is 1.93. The van der Waals surface area contributed by atoms with Crippen molar-refractivity contribution in [3.05, 3.63) is 36.6 Å². The lowest BCUT2D eigenvalue weighted by molar-refractivity contribution is 0.114. The molecule has 0 aliphatic heterocycles. The molecule has 0 aliphatic carbocycles. The molecular formula is C8H9O2. The van der Waals surface area contributed by atoms with Gasteiger partial charge in [-0.3, -0.25) is 0 Å². The van der Waals surface area contributed by atoms with Gasteiger partial charge < -0.3 is 9.84 Å². The van der Waals surface area contributed by atoms with E-state index in [4.69, 9.17) is 9.84 Å². The predicted molar refractivity (Wildman–Crippen MR) is 37.9 cm³/mol. The fraction of sp³-hybridized carbons (Fsp3) is 0.125. The summed E-state index contributed by atoms with van der Waals surface area (Å²) in [6.07, 6.45) is -0.0359. The quantitative estimate of drug-likeness (QED) is 0.675. The van der Waals surface area contributed by atoms with E-state index in [1.54, 1.807) is 12.1 Å². The number of hydrogen-bond acceptors (Lipinski definition) is 2. The number of para-hydroxylation sites is 1. The monoisotopic (exact) mass is 137 g/mol. The Morgan fingerprint density at radius 2 is 1.90 bits per heavy atom. The highest BCUT2D eigenvalue weighted by Gasteiger charge is 1.96. The maximum absolute atomic E-state index is 8.70. The van der Waals surface area contributed by atoms with Crippen molar-refractivity contribution in [1.82, 2.24) is 0 Å². The summed E-state index contributed by atoms with van der Waals surface area (Å²) in [7, 11) is 0. The molecule has 1 aromatic carbocycles. The highest BCUT2D eigenvalue weighted by Crippen LogP contribution is 2.11. The molecule has 1 N–H and O–H groups in total. The third-order valence-electron chi connectivity index (χ3n) is 1.01. The first-order valence-corrected chi connectivity index (χ1v) is 3.04. The summed E-state index contributed by atoms with van der Waals surface area (Å²) in [6, 6.07) is 9.13. The van der Waals surface area contributed by atoms with E-state index in [1.807, 2.05) is 18.2 Å². The fourth-order valence-corrected chi connectivity index (χ4v) is 0.659. The molecule has 0 saturated heterocycles. The molecule has 0 unspecified atom stereocenters. The van der Waals surface area contributed by atoms with Crippen molar-refractivity contribution in [2.75, 3.05) is 0 Å². The molecule has 53 valence electrons. The molecular weight excluding hydrogens is 128 g/mol. The summed E-state index contributed by atoms with van der Waals surface area (Å²) in [5, 5.41) is 8.70. The molecule has 0 spiro atoms. The van der Waals surface area contributed by atoms with Crippen LogP contribution in [0.2, 0.25) is 0 Å². The van der Waals surface area contributed by atoms with Crippen LogP contribution in [-0.4, -0.2) is 5.11 Å². The number of aliphatic hydroxyl groups excluding tert-OH is 1. The molecule has 1 aromatic rings. The lowest BCUT2D eigenvalue weighted by Gasteiger charge is -2.04. The van der Waals surface area contributed by atoms with Crippen molar-refractivity contribution >= 4 is 0 Å². The van der Waals surface area contributed by atoms with Crippen molar-refractivity contribution in [3.8, 4) is 5.75 Å². The van der Waals surface area contributed by atoms with Crippen LogP contribution in [0.1, 0.15) is 6.92 Å². The predicted octanol–water partition coefficient (Wildman–Crippen LogP) is 1.95. The molecule has 0 fully saturated rings. The molecule has 0 heterocycles. The molecule has 1 radical (unpaired) electrons. The van der Waals surface area contributed by atoms with Crippen molar-refractivity contribution < 1.29 is 9.84 Å². The SMILES string of the molecule is C[C](O)Oc1ccccc1. The average molecular weight is 137 g/mol. The van der Waals surface area contributed by atoms with Gasteiger partial charge in [-0.05, 0) is 12.1 Å². The summed E-state index contributed by atoms with van der Waals surface area (Å²) in [5.74, 6) is 0.655. The topological polar surface area (TPSA) is 29.5 Å². The summed E-state index contributed by atoms with van der Waals surface area (Å²) in [6.45, 7) is 1.49. The Morgan fingerprint density at radius 1 is 1.30 bits per heavy atom. The van der Waals surface area contributed by atoms with Gasteiger partial charge in [0.25, 0.3) is 6.29 Å². The molecule has 0 amide bonds. The number of hydrogen-bond donors (Lipinski definition) is 1. The maximum atomic E-state index is 8.70. The fourth-order valence-electron chi connectivity index (χ4n) is 0.659. The van der Waals surface area contributed by atoms with Crippen LogP contribution in [-0.2, 0) is 0 Å². The first kappa shape index (κ1) is 7.09. The zero-order chi connectivity index (χ0) is 7.40. The van der Waals surface area contributed by atoms with Gasteiger partial charge >= 0.3 is 0 Å². The van der Waals surface area contributed by atoms with Crippen LogP contribution in [0.5, 0.6) is 5.75 Å². The summed E-state index contributed by atoms with van der Waals surface area (Å²) in [4.78, 5) is 0. The standard InChI is InChI=1S/C8H9O2/c1-7(9)10-8-5-3-2-4-6-8/h2-6,9H,1H3. The minimum atomic E-state index is -0.0359. The Labute approximate surface area is 60.1 Å². The number of rotatable bonds is 2. The molecule has 10 heavy (non-hydrogen) atoms. The van der Waals surface area contributed by atoms with E-state index in [0.29, 0.717) is 5.75 Å². The van der Waals surface area contributed by atoms with Gasteiger partial charge in [-0.2, -0.15) is 0 Å². The molecule has 0 saturated carbocycles. The van der Waals surface area contributed by atoms with E-state index in [9.17, 15) is 0 Å². The Balaban J connectivity index is 2.59. The van der Waals surface area contributed by atoms with Crippen LogP contribution in [0, 0.1) is 6.29 Å². The van der Waals surface area contributed by atoms with Gasteiger partial charge in [-0.25, -0.2) is 0 Å². The highest BCUT2D eigenvalue weighted by molar-refractivity contribution is 5.21. The summed E-state index contributed by atoms with van der Waals surface area (Å²) >= 11 is 0. The molecule has 1 rings (SSSR count). The van der Waals surface area contributed by atoms with E-state index >= 15 is 0 Å². The molecule has 0 bridgehead atoms. The lowest BCUT2D eigenvalue weighted by Crippen LogP contribution is -1.98. The molecule has 0 atom stereocenters. The zero-order valence-corrected chi connectivity index (χ0v) is 5.74. The molecule has 0 aliphatic rings. The van der Waals surface area contributed by atoms with Gasteiger partial charge in [0.05, 0.1) is 0 Å². The Kier molecular flexibility index (Phi) is 2.29. The highest BCUT2D eigenvalue weighted by atomic mass is 16.6. The minimum Gasteiger partial charge on any atom is -0.456 e. The van der Waals surface area contributed by atoms with Gasteiger partial charge in [0.2, 0.25) is 0 Å². The number of benzene rings is 1. The average Bonchev–Trinajstić information content (AvgIpc) is 1.88. The Bertz CT molecular complexity index is 182. The first-order chi connectivity index (χ1) is 4.79. The van der Waals surface area contributed by atoms with Gasteiger partial charge in [0.15, 0.2) is 0 Å². The largest absolute Gasteiger partial charge is 0.456 e. The van der Waals surface area contributed by atoms with Gasteiger partial charge in [0.1, 0.15) is 5.75 Å². The normalized spacial score (nSPS) is 9.90. The third kappa shape index (κ3) is 2.07. The third-order valence-corrected chi connectivity index (χ3v) is 1.01. The van der Waals surface area contributed by atoms with Gasteiger partial charge in [-0.1, -0.05) is 18.2 Å². The van der Waals surface area contributed by atoms with E-state index in [1.165, 1.54) is 6.92 Å². The molecule has 2 heteroatoms. The van der Waals surface area contributed by atoms with Crippen LogP contribution in [0.3, 0.4) is 0 Å². The smallest absolute Gasteiger partial charge is 0.270 e. The van der Waals surface area contributed by atoms with Crippen LogP contribution >= 0.6 is 0 Å². The van der Waals surface area contributed by atoms with Crippen LogP contribution < -0.4 is 4.74 Å². The first-order valence-electron chi connectivity index (χ1n) is 3.04. The Morgan fingerprint density at radius 3 is 2.40 bits per heavy atom. The molecule has 0 aromatic heterocycles. The number of aliphatic hydroxyl groups is 1. The Hall–Kier alpha value is -1.02. The number of ether oxygens (including phenoxy) is 1. The van der Waals surface area contributed by atoms with E-state index in [2.05, 4.69) is 0 Å². The van der Waals surface area contributed by atoms with Crippen molar-refractivity contribution in [2.24, 2.45) is 0 Å². The van der Waals surface area contributed by atoms with Crippen LogP contribution in [0.15, 0.2) is 30.3 Å². The lowest BCUT2D eigenvalue weighted by atomic mass is 10.3. The van der Waals surface area contributed by atoms with E-state index in [-0.39, 0.29) is 6.29 Å². The summed E-state index contributed by atoms with van der Waals surface area (Å²) < 4.78 is 4.89. The van der Waals surface area contributed by atoms with E-state index in [0.717, 1.165) is 0 Å². The minimum absolute atomic E-state index is 0.0359. The maximum Gasteiger partial charge on any atom is 0.270 e. The zero-order valence-electron chi connectivity index (χ0n) is 5.74. The summed E-state index contributed by atoms with van der Waals surface area (Å²) in [5.41, 5.74) is 0. The van der Waals surface area contributed by atoms with Gasteiger partial charge in [-0.15, -0.1) is 0 Å². The van der Waals surface area contributed by atoms with Gasteiger partial charge in [0, 0.05) is 6.92 Å².